The number of nitrogens with one attached hydrogen (secondary N) is 2. The molecule has 0 spiro atoms. The summed E-state index contributed by atoms with van der Waals surface area (Å²) in [6.07, 6.45) is 6.76. The lowest BCUT2D eigenvalue weighted by Crippen LogP contribution is -2.42. The van der Waals surface area contributed by atoms with Gasteiger partial charge in [-0.2, -0.15) is 5.26 Å². The van der Waals surface area contributed by atoms with Crippen LogP contribution in [0.2, 0.25) is 0 Å². The highest BCUT2D eigenvalue weighted by Gasteiger charge is 2.18. The Kier molecular flexibility index (Phi) is 9.52. The van der Waals surface area contributed by atoms with Gasteiger partial charge in [-0.05, 0) is 44.0 Å². The second-order valence-corrected chi connectivity index (χ2v) is 7.68. The van der Waals surface area contributed by atoms with E-state index in [4.69, 9.17) is 16.0 Å². The molecule has 1 amide bonds. The van der Waals surface area contributed by atoms with Gasteiger partial charge in [0.05, 0.1) is 41.3 Å². The molecule has 0 aliphatic carbocycles. The molecule has 1 aromatic heterocycles. The summed E-state index contributed by atoms with van der Waals surface area (Å²) in [4.78, 5) is 28.8. The van der Waals surface area contributed by atoms with E-state index in [1.54, 1.807) is 31.2 Å². The molecule has 7 heteroatoms. The lowest BCUT2D eigenvalue weighted by Gasteiger charge is -2.22. The van der Waals surface area contributed by atoms with Gasteiger partial charge in [0.1, 0.15) is 6.29 Å². The number of carbonyl (C=O) groups is 2. The molecule has 1 heterocycles. The molecule has 4 N–H and O–H groups in total. The first-order chi connectivity index (χ1) is 15.9. The number of allylic oxidation sites excluding steroid dienone is 1. The molecular weight excluding hydrogens is 414 g/mol. The van der Waals surface area contributed by atoms with Gasteiger partial charge < -0.3 is 21.2 Å². The third-order valence-electron chi connectivity index (χ3n) is 5.39. The fourth-order valence-electron chi connectivity index (χ4n) is 3.39. The SMILES string of the molecule is C=C/C=c1/cc(N[C@@H](CC)C(N)C=O)c(CNC(=O)c2cccc(C(C)C#N)c2)n/c1=C/C. The van der Waals surface area contributed by atoms with Gasteiger partial charge in [0, 0.05) is 16.8 Å². The Morgan fingerprint density at radius 3 is 2.73 bits per heavy atom. The first-order valence-electron chi connectivity index (χ1n) is 10.9. The van der Waals surface area contributed by atoms with Crippen molar-refractivity contribution in [3.63, 3.8) is 0 Å². The van der Waals surface area contributed by atoms with Crippen molar-refractivity contribution >= 4 is 30.0 Å². The molecule has 2 rings (SSSR count). The van der Waals surface area contributed by atoms with E-state index in [0.717, 1.165) is 22.4 Å². The number of nitriles is 1. The minimum atomic E-state index is -0.674. The van der Waals surface area contributed by atoms with Crippen molar-refractivity contribution in [3.05, 3.63) is 70.4 Å². The number of aromatic nitrogens is 1. The van der Waals surface area contributed by atoms with Crippen LogP contribution in [0.15, 0.2) is 43.0 Å². The minimum absolute atomic E-state index is 0.168. The maximum Gasteiger partial charge on any atom is 0.251 e. The van der Waals surface area contributed by atoms with E-state index in [-0.39, 0.29) is 24.4 Å². The second kappa shape index (κ2) is 12.3. The quantitative estimate of drug-likeness (QED) is 0.482. The van der Waals surface area contributed by atoms with Crippen molar-refractivity contribution in [1.82, 2.24) is 10.3 Å². The van der Waals surface area contributed by atoms with Crippen LogP contribution in [0.3, 0.4) is 0 Å². The average molecular weight is 446 g/mol. The first kappa shape index (κ1) is 25.5. The van der Waals surface area contributed by atoms with E-state index in [1.165, 1.54) is 0 Å². The van der Waals surface area contributed by atoms with Gasteiger partial charge in [-0.15, -0.1) is 0 Å². The summed E-state index contributed by atoms with van der Waals surface area (Å²) < 4.78 is 0. The molecule has 0 bridgehead atoms. The molecule has 0 saturated carbocycles. The Labute approximate surface area is 194 Å². The molecular formula is C26H31N5O2. The Balaban J connectivity index is 2.39. The molecule has 3 atom stereocenters. The van der Waals surface area contributed by atoms with Gasteiger partial charge in [-0.3, -0.25) is 4.79 Å². The summed E-state index contributed by atoms with van der Waals surface area (Å²) in [5.41, 5.74) is 8.51. The van der Waals surface area contributed by atoms with Crippen LogP contribution in [0.4, 0.5) is 5.69 Å². The third kappa shape index (κ3) is 6.61. The van der Waals surface area contributed by atoms with Gasteiger partial charge in [0.25, 0.3) is 5.91 Å². The number of amides is 1. The maximum absolute atomic E-state index is 12.8. The summed E-state index contributed by atoms with van der Waals surface area (Å²) in [7, 11) is 0. The molecule has 7 nitrogen and oxygen atoms in total. The number of aldehydes is 1. The van der Waals surface area contributed by atoms with E-state index in [0.29, 0.717) is 23.4 Å². The van der Waals surface area contributed by atoms with Crippen LogP contribution in [0.25, 0.3) is 12.2 Å². The van der Waals surface area contributed by atoms with E-state index in [9.17, 15) is 9.59 Å². The van der Waals surface area contributed by atoms with Crippen molar-refractivity contribution in [3.8, 4) is 6.07 Å². The number of nitrogens with zero attached hydrogens (tertiary/aromatic N) is 2. The number of rotatable bonds is 10. The van der Waals surface area contributed by atoms with Gasteiger partial charge in [0.2, 0.25) is 0 Å². The van der Waals surface area contributed by atoms with Crippen LogP contribution < -0.4 is 26.9 Å². The predicted molar refractivity (Wildman–Crippen MR) is 132 cm³/mol. The predicted octanol–water partition coefficient (Wildman–Crippen LogP) is 2.12. The molecule has 0 saturated heterocycles. The Morgan fingerprint density at radius 2 is 2.12 bits per heavy atom. The standard InChI is InChI=1S/C26H31N5O2/c1-5-9-19-13-24(31-23(7-3)21(28)16-32)25(30-22(19)6-2)15-29-26(33)20-11-8-10-18(12-20)17(4)14-27/h5-6,8-13,16-17,21,23,31H,1,7,15,28H2,2-4H3,(H,29,33)/b19-9-,22-6+/t17?,21?,23-/m0/s1. The molecule has 0 aliphatic heterocycles. The van der Waals surface area contributed by atoms with Gasteiger partial charge in [-0.25, -0.2) is 4.98 Å². The number of pyridine rings is 1. The summed E-state index contributed by atoms with van der Waals surface area (Å²) in [6, 6.07) is 10.2. The summed E-state index contributed by atoms with van der Waals surface area (Å²) in [5.74, 6) is -0.574. The molecule has 0 aliphatic rings. The van der Waals surface area contributed by atoms with Crippen molar-refractivity contribution < 1.29 is 9.59 Å². The monoisotopic (exact) mass is 445 g/mol. The van der Waals surface area contributed by atoms with E-state index >= 15 is 0 Å². The molecule has 33 heavy (non-hydrogen) atoms. The van der Waals surface area contributed by atoms with E-state index in [2.05, 4.69) is 23.3 Å². The maximum atomic E-state index is 12.8. The lowest BCUT2D eigenvalue weighted by molar-refractivity contribution is -0.109. The third-order valence-corrected chi connectivity index (χ3v) is 5.39. The minimum Gasteiger partial charge on any atom is -0.379 e. The molecule has 0 radical (unpaired) electrons. The normalized spacial score (nSPS) is 14.6. The number of nitrogens with two attached hydrogens (primary N) is 1. The fraction of sp³-hybridized carbons (Fsp3) is 0.308. The van der Waals surface area contributed by atoms with Crippen molar-refractivity contribution in [2.45, 2.75) is 51.7 Å². The van der Waals surface area contributed by atoms with Gasteiger partial charge in [0.15, 0.2) is 0 Å². The summed E-state index contributed by atoms with van der Waals surface area (Å²) in [5, 5.41) is 17.0. The summed E-state index contributed by atoms with van der Waals surface area (Å²) >= 11 is 0. The summed E-state index contributed by atoms with van der Waals surface area (Å²) in [6.45, 7) is 9.54. The van der Waals surface area contributed by atoms with Crippen LogP contribution >= 0.6 is 0 Å². The Bertz CT molecular complexity index is 1170. The zero-order valence-electron chi connectivity index (χ0n) is 19.3. The average Bonchev–Trinajstić information content (AvgIpc) is 2.85. The molecule has 2 aromatic rings. The van der Waals surface area contributed by atoms with Gasteiger partial charge in [-0.1, -0.05) is 43.9 Å². The van der Waals surface area contributed by atoms with E-state index in [1.807, 2.05) is 38.1 Å². The number of hydrogen-bond acceptors (Lipinski definition) is 6. The van der Waals surface area contributed by atoms with Crippen LogP contribution in [-0.4, -0.2) is 29.3 Å². The van der Waals surface area contributed by atoms with Crippen LogP contribution in [-0.2, 0) is 11.3 Å². The topological polar surface area (TPSA) is 121 Å². The smallest absolute Gasteiger partial charge is 0.251 e. The highest BCUT2D eigenvalue weighted by atomic mass is 16.1. The lowest BCUT2D eigenvalue weighted by atomic mass is 10.0. The highest BCUT2D eigenvalue weighted by molar-refractivity contribution is 5.94. The molecule has 172 valence electrons. The molecule has 2 unspecified atom stereocenters. The van der Waals surface area contributed by atoms with Crippen molar-refractivity contribution in [1.29, 1.82) is 5.26 Å². The zero-order valence-corrected chi connectivity index (χ0v) is 19.3. The second-order valence-electron chi connectivity index (χ2n) is 7.68. The Morgan fingerprint density at radius 1 is 1.36 bits per heavy atom. The fourth-order valence-corrected chi connectivity index (χ4v) is 3.39. The number of benzene rings is 1. The number of hydrogen-bond donors (Lipinski definition) is 3. The van der Waals surface area contributed by atoms with Gasteiger partial charge >= 0.3 is 0 Å². The number of carbonyl (C=O) groups excluding carboxylic acids is 2. The van der Waals surface area contributed by atoms with E-state index < -0.39 is 6.04 Å². The number of anilines is 1. The van der Waals surface area contributed by atoms with Crippen molar-refractivity contribution in [2.24, 2.45) is 5.73 Å². The zero-order chi connectivity index (χ0) is 24.4. The first-order valence-corrected chi connectivity index (χ1v) is 10.9. The van der Waals surface area contributed by atoms with Crippen LogP contribution in [0, 0.1) is 11.3 Å². The molecule has 0 fully saturated rings. The largest absolute Gasteiger partial charge is 0.379 e. The molecule has 1 aromatic carbocycles. The Hall–Kier alpha value is -3.76. The van der Waals surface area contributed by atoms with Crippen molar-refractivity contribution in [2.75, 3.05) is 5.32 Å². The van der Waals surface area contributed by atoms with Crippen LogP contribution in [0.5, 0.6) is 0 Å². The van der Waals surface area contributed by atoms with Crippen LogP contribution in [0.1, 0.15) is 54.7 Å². The highest BCUT2D eigenvalue weighted by Crippen LogP contribution is 2.16.